The van der Waals surface area contributed by atoms with Crippen LogP contribution in [0.1, 0.15) is 42.0 Å². The predicted octanol–water partition coefficient (Wildman–Crippen LogP) is 2.22. The molecule has 1 amide bonds. The van der Waals surface area contributed by atoms with Crippen molar-refractivity contribution in [2.45, 2.75) is 45.4 Å². The molecular weight excluding hydrogens is 803 g/mol. The van der Waals surface area contributed by atoms with Gasteiger partial charge in [-0.05, 0) is 61.5 Å². The second-order valence-corrected chi connectivity index (χ2v) is 15.9. The summed E-state index contributed by atoms with van der Waals surface area (Å²) in [7, 11) is 0. The molecule has 0 saturated carbocycles. The van der Waals surface area contributed by atoms with Gasteiger partial charge in [-0.25, -0.2) is 0 Å². The van der Waals surface area contributed by atoms with Gasteiger partial charge in [-0.15, -0.1) is 0 Å². The third kappa shape index (κ3) is 20.0. The number of carboxylic acids is 2. The standard InChI is InChI=1S/C46H63N11O6/c58-43(14-9-21-56(32-39-10-1-5-16-47-39)33-40-11-2-6-17-48-40)36-53-26-24-52(22-15-45(60)61)25-27-54(29-31-55(30-28-53)38-46(62)63)37-44(59)51-20-23-57(34-41-12-3-7-18-49-41)35-42-13-4-8-19-50-42/h1-8,10-13,16-19H,9,14-15,20-38H2,(H,51,59)(H,60,61)(H,62,63). The highest BCUT2D eigenvalue weighted by atomic mass is 16.4. The third-order valence-electron chi connectivity index (χ3n) is 10.8. The lowest BCUT2D eigenvalue weighted by molar-refractivity contribution is -0.139. The first-order valence-corrected chi connectivity index (χ1v) is 21.8. The van der Waals surface area contributed by atoms with E-state index in [1.165, 1.54) is 0 Å². The van der Waals surface area contributed by atoms with E-state index in [0.29, 0.717) is 118 Å². The van der Waals surface area contributed by atoms with Gasteiger partial charge in [0, 0.05) is 129 Å². The highest BCUT2D eigenvalue weighted by molar-refractivity contribution is 5.80. The van der Waals surface area contributed by atoms with Crippen LogP contribution in [0.3, 0.4) is 0 Å². The maximum atomic E-state index is 13.5. The molecule has 0 aliphatic carbocycles. The van der Waals surface area contributed by atoms with Crippen molar-refractivity contribution in [3.8, 4) is 0 Å². The number of carboxylic acid groups (broad SMARTS) is 2. The number of rotatable bonds is 24. The van der Waals surface area contributed by atoms with E-state index in [1.807, 2.05) is 82.6 Å². The fourth-order valence-corrected chi connectivity index (χ4v) is 7.47. The number of amides is 1. The Hall–Kier alpha value is -5.56. The Bertz CT molecular complexity index is 1730. The average Bonchev–Trinajstić information content (AvgIpc) is 3.27. The lowest BCUT2D eigenvalue weighted by atomic mass is 10.2. The van der Waals surface area contributed by atoms with Gasteiger partial charge in [0.2, 0.25) is 5.91 Å². The van der Waals surface area contributed by atoms with Gasteiger partial charge < -0.3 is 20.4 Å². The maximum absolute atomic E-state index is 13.5. The molecule has 0 unspecified atom stereocenters. The first-order chi connectivity index (χ1) is 30.7. The number of carbonyl (C=O) groups is 4. The van der Waals surface area contributed by atoms with Crippen molar-refractivity contribution in [2.75, 3.05) is 98.2 Å². The summed E-state index contributed by atoms with van der Waals surface area (Å²) in [6.07, 6.45) is 8.07. The van der Waals surface area contributed by atoms with Gasteiger partial charge in [-0.1, -0.05) is 24.3 Å². The summed E-state index contributed by atoms with van der Waals surface area (Å²) in [4.78, 5) is 80.9. The van der Waals surface area contributed by atoms with E-state index in [9.17, 15) is 29.4 Å². The van der Waals surface area contributed by atoms with Gasteiger partial charge in [0.05, 0.1) is 48.8 Å². The molecule has 4 aromatic heterocycles. The number of nitrogens with one attached hydrogen (secondary N) is 1. The minimum absolute atomic E-state index is 0.0349. The molecule has 0 atom stereocenters. The van der Waals surface area contributed by atoms with E-state index in [2.05, 4.69) is 44.9 Å². The van der Waals surface area contributed by atoms with Crippen LogP contribution in [-0.2, 0) is 45.4 Å². The lowest BCUT2D eigenvalue weighted by Gasteiger charge is -2.33. The summed E-state index contributed by atoms with van der Waals surface area (Å²) in [5.74, 6) is -1.90. The Morgan fingerprint density at radius 1 is 0.508 bits per heavy atom. The number of Topliss-reactive ketones (excluding diaryl/α,β-unsaturated/α-hetero) is 1. The zero-order chi connectivity index (χ0) is 44.5. The van der Waals surface area contributed by atoms with Crippen LogP contribution in [0.25, 0.3) is 0 Å². The monoisotopic (exact) mass is 865 g/mol. The molecule has 0 bridgehead atoms. The first-order valence-electron chi connectivity index (χ1n) is 21.8. The van der Waals surface area contributed by atoms with Gasteiger partial charge in [0.25, 0.3) is 0 Å². The zero-order valence-corrected chi connectivity index (χ0v) is 36.3. The molecule has 0 aromatic carbocycles. The van der Waals surface area contributed by atoms with Gasteiger partial charge >= 0.3 is 11.9 Å². The van der Waals surface area contributed by atoms with E-state index < -0.39 is 11.9 Å². The van der Waals surface area contributed by atoms with Crippen molar-refractivity contribution in [1.29, 1.82) is 0 Å². The third-order valence-corrected chi connectivity index (χ3v) is 10.8. The summed E-state index contributed by atoms with van der Waals surface area (Å²) >= 11 is 0. The normalized spacial score (nSPS) is 15.1. The van der Waals surface area contributed by atoms with Crippen molar-refractivity contribution in [1.82, 2.24) is 54.7 Å². The molecule has 1 saturated heterocycles. The van der Waals surface area contributed by atoms with Crippen LogP contribution < -0.4 is 5.32 Å². The van der Waals surface area contributed by atoms with Crippen molar-refractivity contribution in [3.63, 3.8) is 0 Å². The van der Waals surface area contributed by atoms with E-state index in [-0.39, 0.29) is 37.7 Å². The molecule has 17 nitrogen and oxygen atoms in total. The number of pyridine rings is 4. The highest BCUT2D eigenvalue weighted by Gasteiger charge is 2.21. The molecule has 1 aliphatic rings. The van der Waals surface area contributed by atoms with Crippen molar-refractivity contribution >= 4 is 23.6 Å². The largest absolute Gasteiger partial charge is 0.481 e. The molecule has 0 spiro atoms. The molecular formula is C46H63N11O6. The second-order valence-electron chi connectivity index (χ2n) is 15.9. The van der Waals surface area contributed by atoms with Gasteiger partial charge in [0.1, 0.15) is 5.78 Å². The van der Waals surface area contributed by atoms with Crippen LogP contribution in [0.4, 0.5) is 0 Å². The Labute approximate surface area is 370 Å². The molecule has 0 radical (unpaired) electrons. The molecule has 17 heteroatoms. The van der Waals surface area contributed by atoms with Crippen molar-refractivity contribution in [3.05, 3.63) is 120 Å². The number of hydrogen-bond acceptors (Lipinski definition) is 14. The number of aromatic nitrogens is 4. The fraction of sp³-hybridized carbons (Fsp3) is 0.478. The van der Waals surface area contributed by atoms with Crippen LogP contribution in [0.2, 0.25) is 0 Å². The summed E-state index contributed by atoms with van der Waals surface area (Å²) in [5, 5.41) is 22.4. The summed E-state index contributed by atoms with van der Waals surface area (Å²) in [6.45, 7) is 8.31. The SMILES string of the molecule is O=C(O)CCN1CCN(CC(=O)CCCN(Cc2ccccn2)Cc2ccccn2)CCN(CC(=O)O)CCN(CC(=O)NCCN(Cc2ccccn2)Cc2ccccn2)CC1. The number of ketones is 1. The summed E-state index contributed by atoms with van der Waals surface area (Å²) in [6, 6.07) is 23.3. The molecule has 63 heavy (non-hydrogen) atoms. The lowest BCUT2D eigenvalue weighted by Crippen LogP contribution is -2.49. The molecule has 5 heterocycles. The van der Waals surface area contributed by atoms with Crippen molar-refractivity contribution in [2.24, 2.45) is 0 Å². The molecule has 1 fully saturated rings. The Kier molecular flexibility index (Phi) is 21.1. The minimum Gasteiger partial charge on any atom is -0.481 e. The molecule has 3 N–H and O–H groups in total. The van der Waals surface area contributed by atoms with E-state index in [0.717, 1.165) is 22.8 Å². The van der Waals surface area contributed by atoms with Crippen LogP contribution in [-0.4, -0.2) is 181 Å². The predicted molar refractivity (Wildman–Crippen MR) is 238 cm³/mol. The fourth-order valence-electron chi connectivity index (χ4n) is 7.47. The highest BCUT2D eigenvalue weighted by Crippen LogP contribution is 2.11. The zero-order valence-electron chi connectivity index (χ0n) is 36.3. The van der Waals surface area contributed by atoms with Crippen LogP contribution in [0.15, 0.2) is 97.6 Å². The molecule has 338 valence electrons. The Morgan fingerprint density at radius 3 is 1.33 bits per heavy atom. The quantitative estimate of drug-likeness (QED) is 0.0929. The second kappa shape index (κ2) is 27.5. The van der Waals surface area contributed by atoms with Gasteiger partial charge in [-0.2, -0.15) is 0 Å². The van der Waals surface area contributed by atoms with Crippen molar-refractivity contribution < 1.29 is 29.4 Å². The number of aliphatic carboxylic acids is 2. The van der Waals surface area contributed by atoms with E-state index in [4.69, 9.17) is 0 Å². The van der Waals surface area contributed by atoms with Gasteiger partial charge in [-0.3, -0.25) is 63.6 Å². The summed E-state index contributed by atoms with van der Waals surface area (Å²) < 4.78 is 0. The van der Waals surface area contributed by atoms with E-state index in [1.54, 1.807) is 24.8 Å². The Balaban J connectivity index is 1.16. The Morgan fingerprint density at radius 2 is 0.921 bits per heavy atom. The van der Waals surface area contributed by atoms with Crippen LogP contribution in [0, 0.1) is 0 Å². The number of carbonyl (C=O) groups excluding carboxylic acids is 2. The first kappa shape index (κ1) is 48.5. The number of hydrogen-bond donors (Lipinski definition) is 3. The number of nitrogens with zero attached hydrogens (tertiary/aromatic N) is 10. The smallest absolute Gasteiger partial charge is 0.317 e. The average molecular weight is 866 g/mol. The summed E-state index contributed by atoms with van der Waals surface area (Å²) in [5.41, 5.74) is 3.72. The molecule has 1 aliphatic heterocycles. The molecule has 5 rings (SSSR count). The maximum Gasteiger partial charge on any atom is 0.317 e. The van der Waals surface area contributed by atoms with Crippen LogP contribution >= 0.6 is 0 Å². The topological polar surface area (TPSA) is 192 Å². The van der Waals surface area contributed by atoms with Crippen LogP contribution in [0.5, 0.6) is 0 Å². The minimum atomic E-state index is -0.948. The molecule has 4 aromatic rings. The van der Waals surface area contributed by atoms with E-state index >= 15 is 0 Å². The van der Waals surface area contributed by atoms with Gasteiger partial charge in [0.15, 0.2) is 0 Å².